The van der Waals surface area contributed by atoms with Crippen LogP contribution in [-0.2, 0) is 32.6 Å². The SMILES string of the molecule is CCCNC(=O)[C@@H](Cc1ccccc1)N(Cc1ccc(Cl)cc1Cl)C(=O)CN(c1cccc(Cl)c1)S(=O)(=O)c1ccc(OC)cc1. The number of carbonyl (C=O) groups is 2. The van der Waals surface area contributed by atoms with E-state index in [1.54, 1.807) is 36.4 Å². The summed E-state index contributed by atoms with van der Waals surface area (Å²) >= 11 is 19.0. The molecule has 0 saturated heterocycles. The van der Waals surface area contributed by atoms with Gasteiger partial charge in [0.25, 0.3) is 10.0 Å². The number of rotatable bonds is 14. The van der Waals surface area contributed by atoms with Crippen molar-refractivity contribution < 1.29 is 22.7 Å². The minimum Gasteiger partial charge on any atom is -0.497 e. The van der Waals surface area contributed by atoms with E-state index in [9.17, 15) is 18.0 Å². The minimum absolute atomic E-state index is 0.0603. The molecule has 0 saturated carbocycles. The molecule has 0 fully saturated rings. The zero-order chi connectivity index (χ0) is 33.3. The van der Waals surface area contributed by atoms with E-state index in [4.69, 9.17) is 39.5 Å². The lowest BCUT2D eigenvalue weighted by atomic mass is 10.0. The summed E-state index contributed by atoms with van der Waals surface area (Å²) in [7, 11) is -2.83. The Morgan fingerprint density at radius 2 is 1.57 bits per heavy atom. The molecule has 1 N–H and O–H groups in total. The number of hydrogen-bond donors (Lipinski definition) is 1. The van der Waals surface area contributed by atoms with Crippen LogP contribution < -0.4 is 14.4 Å². The molecule has 242 valence electrons. The third-order valence-corrected chi connectivity index (χ3v) is 9.81. The van der Waals surface area contributed by atoms with Gasteiger partial charge in [-0.3, -0.25) is 13.9 Å². The summed E-state index contributed by atoms with van der Waals surface area (Å²) < 4.78 is 34.5. The average molecular weight is 703 g/mol. The predicted octanol–water partition coefficient (Wildman–Crippen LogP) is 7.02. The van der Waals surface area contributed by atoms with Crippen LogP contribution in [0.25, 0.3) is 0 Å². The number of sulfonamides is 1. The fourth-order valence-corrected chi connectivity index (χ4v) is 6.85. The molecule has 0 aliphatic rings. The van der Waals surface area contributed by atoms with Crippen molar-refractivity contribution >= 4 is 62.3 Å². The lowest BCUT2D eigenvalue weighted by molar-refractivity contribution is -0.140. The number of anilines is 1. The topological polar surface area (TPSA) is 96.0 Å². The maximum Gasteiger partial charge on any atom is 0.264 e. The lowest BCUT2D eigenvalue weighted by Gasteiger charge is -2.34. The van der Waals surface area contributed by atoms with Gasteiger partial charge in [-0.05, 0) is 72.1 Å². The van der Waals surface area contributed by atoms with Crippen molar-refractivity contribution in [1.29, 1.82) is 0 Å². The van der Waals surface area contributed by atoms with Gasteiger partial charge in [0.05, 0.1) is 17.7 Å². The van der Waals surface area contributed by atoms with E-state index in [0.717, 1.165) is 9.87 Å². The molecule has 0 aliphatic carbocycles. The van der Waals surface area contributed by atoms with Crippen molar-refractivity contribution in [2.75, 3.05) is 24.5 Å². The molecular weight excluding hydrogens is 669 g/mol. The molecule has 0 aliphatic heterocycles. The molecule has 0 bridgehead atoms. The van der Waals surface area contributed by atoms with Gasteiger partial charge in [-0.2, -0.15) is 0 Å². The molecular formula is C34H34Cl3N3O5S. The quantitative estimate of drug-likeness (QED) is 0.153. The second-order valence-corrected chi connectivity index (χ2v) is 13.6. The minimum atomic E-state index is -4.30. The van der Waals surface area contributed by atoms with Gasteiger partial charge in [-0.1, -0.05) is 84.2 Å². The van der Waals surface area contributed by atoms with Crippen molar-refractivity contribution in [3.63, 3.8) is 0 Å². The zero-order valence-electron chi connectivity index (χ0n) is 25.3. The highest BCUT2D eigenvalue weighted by Crippen LogP contribution is 2.29. The number of nitrogens with one attached hydrogen (secondary N) is 1. The van der Waals surface area contributed by atoms with Gasteiger partial charge in [-0.15, -0.1) is 0 Å². The normalized spacial score (nSPS) is 11.8. The van der Waals surface area contributed by atoms with Gasteiger partial charge < -0.3 is 15.0 Å². The molecule has 46 heavy (non-hydrogen) atoms. The van der Waals surface area contributed by atoms with Crippen LogP contribution in [-0.4, -0.2) is 51.4 Å². The standard InChI is InChI=1S/C34H34Cl3N3O5S/c1-3-18-38-34(42)32(19-24-8-5-4-6-9-24)39(22-25-12-13-27(36)21-31(25)37)33(41)23-40(28-11-7-10-26(35)20-28)46(43,44)30-16-14-29(45-2)15-17-30/h4-17,20-21,32H,3,18-19,22-23H2,1-2H3,(H,38,42)/t32-/m1/s1. The molecule has 4 aromatic rings. The fourth-order valence-electron chi connectivity index (χ4n) is 4.79. The summed E-state index contributed by atoms with van der Waals surface area (Å²) in [5.74, 6) is -0.538. The fraction of sp³-hybridized carbons (Fsp3) is 0.235. The Bertz CT molecular complexity index is 1760. The highest BCUT2D eigenvalue weighted by atomic mass is 35.5. The van der Waals surface area contributed by atoms with Crippen LogP contribution in [0.4, 0.5) is 5.69 Å². The Balaban J connectivity index is 1.81. The maximum absolute atomic E-state index is 14.5. The first kappa shape index (κ1) is 35.1. The number of benzene rings is 4. The van der Waals surface area contributed by atoms with E-state index in [1.807, 2.05) is 37.3 Å². The Morgan fingerprint density at radius 3 is 2.20 bits per heavy atom. The summed E-state index contributed by atoms with van der Waals surface area (Å²) in [4.78, 5) is 29.6. The maximum atomic E-state index is 14.5. The van der Waals surface area contributed by atoms with Gasteiger partial charge >= 0.3 is 0 Å². The van der Waals surface area contributed by atoms with E-state index >= 15 is 0 Å². The van der Waals surface area contributed by atoms with Crippen LogP contribution in [0, 0.1) is 0 Å². The zero-order valence-corrected chi connectivity index (χ0v) is 28.4. The highest BCUT2D eigenvalue weighted by molar-refractivity contribution is 7.92. The van der Waals surface area contributed by atoms with E-state index < -0.39 is 28.5 Å². The Labute approximate surface area is 284 Å². The largest absolute Gasteiger partial charge is 0.497 e. The Hall–Kier alpha value is -3.76. The molecule has 2 amide bonds. The molecule has 1 atom stereocenters. The Kier molecular flexibility index (Phi) is 12.3. The first-order chi connectivity index (χ1) is 22.0. The molecule has 0 radical (unpaired) electrons. The van der Waals surface area contributed by atoms with Crippen molar-refractivity contribution in [3.05, 3.63) is 123 Å². The number of ether oxygens (including phenoxy) is 1. The second-order valence-electron chi connectivity index (χ2n) is 10.4. The van der Waals surface area contributed by atoms with Gasteiger partial charge in [-0.25, -0.2) is 8.42 Å². The summed E-state index contributed by atoms with van der Waals surface area (Å²) in [5, 5.41) is 3.90. The molecule has 8 nitrogen and oxygen atoms in total. The van der Waals surface area contributed by atoms with Crippen molar-refractivity contribution in [2.24, 2.45) is 0 Å². The number of amides is 2. The molecule has 12 heteroatoms. The third kappa shape index (κ3) is 8.94. The second kappa shape index (κ2) is 16.2. The number of nitrogens with zero attached hydrogens (tertiary/aromatic N) is 2. The van der Waals surface area contributed by atoms with Crippen LogP contribution in [0.5, 0.6) is 5.75 Å². The van der Waals surface area contributed by atoms with Crippen LogP contribution >= 0.6 is 34.8 Å². The first-order valence-corrected chi connectivity index (χ1v) is 17.1. The van der Waals surface area contributed by atoms with Gasteiger partial charge in [0.2, 0.25) is 11.8 Å². The lowest BCUT2D eigenvalue weighted by Crippen LogP contribution is -2.53. The molecule has 4 aromatic carbocycles. The molecule has 0 spiro atoms. The molecule has 4 rings (SSSR count). The summed E-state index contributed by atoms with van der Waals surface area (Å²) in [6.45, 7) is 1.61. The smallest absolute Gasteiger partial charge is 0.264 e. The van der Waals surface area contributed by atoms with Gasteiger partial charge in [0.15, 0.2) is 0 Å². The number of carbonyl (C=O) groups excluding carboxylic acids is 2. The first-order valence-electron chi connectivity index (χ1n) is 14.5. The van der Waals surface area contributed by atoms with E-state index in [1.165, 1.54) is 42.3 Å². The highest BCUT2D eigenvalue weighted by Gasteiger charge is 2.35. The van der Waals surface area contributed by atoms with Crippen LogP contribution in [0.15, 0.2) is 102 Å². The molecule has 0 unspecified atom stereocenters. The van der Waals surface area contributed by atoms with Crippen molar-refractivity contribution in [1.82, 2.24) is 10.2 Å². The Morgan fingerprint density at radius 1 is 0.870 bits per heavy atom. The summed E-state index contributed by atoms with van der Waals surface area (Å²) in [5.41, 5.74) is 1.53. The average Bonchev–Trinajstić information content (AvgIpc) is 3.05. The van der Waals surface area contributed by atoms with Crippen LogP contribution in [0.3, 0.4) is 0 Å². The number of methoxy groups -OCH3 is 1. The van der Waals surface area contributed by atoms with E-state index in [-0.39, 0.29) is 34.5 Å². The van der Waals surface area contributed by atoms with E-state index in [0.29, 0.717) is 34.3 Å². The molecule has 0 heterocycles. The van der Waals surface area contributed by atoms with Crippen molar-refractivity contribution in [2.45, 2.75) is 37.2 Å². The van der Waals surface area contributed by atoms with Crippen LogP contribution in [0.1, 0.15) is 24.5 Å². The number of hydrogen-bond acceptors (Lipinski definition) is 5. The number of halogens is 3. The van der Waals surface area contributed by atoms with Crippen LogP contribution in [0.2, 0.25) is 15.1 Å². The van der Waals surface area contributed by atoms with Crippen molar-refractivity contribution in [3.8, 4) is 5.75 Å². The van der Waals surface area contributed by atoms with E-state index in [2.05, 4.69) is 5.32 Å². The molecule has 0 aromatic heterocycles. The van der Waals surface area contributed by atoms with Gasteiger partial charge in [0, 0.05) is 34.6 Å². The summed E-state index contributed by atoms with van der Waals surface area (Å²) in [6.07, 6.45) is 0.860. The van der Waals surface area contributed by atoms with Gasteiger partial charge in [0.1, 0.15) is 18.3 Å². The predicted molar refractivity (Wildman–Crippen MR) is 183 cm³/mol. The summed E-state index contributed by atoms with van der Waals surface area (Å²) in [6, 6.07) is 25.2. The monoisotopic (exact) mass is 701 g/mol. The third-order valence-electron chi connectivity index (χ3n) is 7.20.